The summed E-state index contributed by atoms with van der Waals surface area (Å²) in [5.74, 6) is 0.938. The largest absolute Gasteiger partial charge is 0.382 e. The second-order valence-electron chi connectivity index (χ2n) is 5.16. The molecular weight excluding hydrogens is 254 g/mol. The number of carbonyl (C=O) groups excluding carboxylic acids is 1. The number of nitrogens with one attached hydrogen (secondary N) is 2. The van der Waals surface area contributed by atoms with Crippen molar-refractivity contribution in [2.45, 2.75) is 25.9 Å². The number of carbonyl (C=O) groups is 1. The van der Waals surface area contributed by atoms with Gasteiger partial charge >= 0.3 is 0 Å². The van der Waals surface area contributed by atoms with Crippen molar-refractivity contribution in [3.63, 3.8) is 0 Å². The van der Waals surface area contributed by atoms with Crippen LogP contribution >= 0.6 is 0 Å². The molecule has 1 aliphatic heterocycles. The van der Waals surface area contributed by atoms with Gasteiger partial charge in [-0.05, 0) is 24.6 Å². The molecular formula is C14H17N5O. The Morgan fingerprint density at radius 3 is 3.10 bits per heavy atom. The molecule has 104 valence electrons. The summed E-state index contributed by atoms with van der Waals surface area (Å²) in [6, 6.07) is 6.11. The Labute approximate surface area is 117 Å². The smallest absolute Gasteiger partial charge is 0.251 e. The zero-order valence-corrected chi connectivity index (χ0v) is 11.6. The van der Waals surface area contributed by atoms with Gasteiger partial charge in [0.15, 0.2) is 0 Å². The Kier molecular flexibility index (Phi) is 3.14. The fourth-order valence-corrected chi connectivity index (χ4v) is 2.40. The van der Waals surface area contributed by atoms with Gasteiger partial charge in [0.05, 0.1) is 0 Å². The molecule has 2 aromatic rings. The molecule has 0 saturated carbocycles. The van der Waals surface area contributed by atoms with Crippen LogP contribution in [-0.2, 0) is 20.0 Å². The van der Waals surface area contributed by atoms with Crippen molar-refractivity contribution in [3.8, 4) is 0 Å². The molecule has 0 bridgehead atoms. The lowest BCUT2D eigenvalue weighted by atomic mass is 10.1. The lowest BCUT2D eigenvalue weighted by Crippen LogP contribution is -2.20. The zero-order valence-electron chi connectivity index (χ0n) is 11.6. The molecule has 6 nitrogen and oxygen atoms in total. The lowest BCUT2D eigenvalue weighted by Gasteiger charge is -2.15. The average molecular weight is 271 g/mol. The van der Waals surface area contributed by atoms with Gasteiger partial charge in [-0.2, -0.15) is 0 Å². The van der Waals surface area contributed by atoms with Crippen LogP contribution in [0.5, 0.6) is 0 Å². The van der Waals surface area contributed by atoms with E-state index in [0.29, 0.717) is 6.54 Å². The molecule has 20 heavy (non-hydrogen) atoms. The lowest BCUT2D eigenvalue weighted by molar-refractivity contribution is 0.0966. The first-order chi connectivity index (χ1) is 9.63. The number of aromatic nitrogens is 3. The van der Waals surface area contributed by atoms with Crippen molar-refractivity contribution in [2.24, 2.45) is 7.05 Å². The van der Waals surface area contributed by atoms with E-state index in [1.165, 1.54) is 0 Å². The van der Waals surface area contributed by atoms with Crippen molar-refractivity contribution in [1.29, 1.82) is 0 Å². The van der Waals surface area contributed by atoms with Gasteiger partial charge in [-0.3, -0.25) is 4.79 Å². The zero-order chi connectivity index (χ0) is 14.1. The molecule has 2 N–H and O–H groups in total. The number of aryl methyl sites for hydroxylation is 1. The van der Waals surface area contributed by atoms with Crippen LogP contribution < -0.4 is 10.6 Å². The Hall–Kier alpha value is -2.37. The number of hydrogen-bond donors (Lipinski definition) is 2. The predicted octanol–water partition coefficient (Wildman–Crippen LogP) is 1.10. The van der Waals surface area contributed by atoms with Gasteiger partial charge in [0.25, 0.3) is 5.91 Å². The highest BCUT2D eigenvalue weighted by atomic mass is 16.1. The van der Waals surface area contributed by atoms with Gasteiger partial charge < -0.3 is 15.2 Å². The first-order valence-electron chi connectivity index (χ1n) is 6.64. The quantitative estimate of drug-likeness (QED) is 0.873. The van der Waals surface area contributed by atoms with Crippen LogP contribution in [0.15, 0.2) is 24.5 Å². The molecule has 2 heterocycles. The first kappa shape index (κ1) is 12.7. The number of anilines is 1. The summed E-state index contributed by atoms with van der Waals surface area (Å²) in [5.41, 5.74) is 2.78. The van der Waals surface area contributed by atoms with Crippen molar-refractivity contribution in [2.75, 3.05) is 5.32 Å². The minimum Gasteiger partial charge on any atom is -0.382 e. The number of fused-ring (bicyclic) bond motifs is 1. The molecule has 0 saturated heterocycles. The average Bonchev–Trinajstić information content (AvgIpc) is 2.98. The predicted molar refractivity (Wildman–Crippen MR) is 75.4 cm³/mol. The number of amides is 1. The number of hydrogen-bond acceptors (Lipinski definition) is 4. The second kappa shape index (κ2) is 4.96. The molecule has 1 aliphatic rings. The highest BCUT2D eigenvalue weighted by Gasteiger charge is 2.19. The molecule has 0 spiro atoms. The highest BCUT2D eigenvalue weighted by Crippen LogP contribution is 2.21. The van der Waals surface area contributed by atoms with Crippen molar-refractivity contribution < 1.29 is 4.79 Å². The maximum absolute atomic E-state index is 11.6. The van der Waals surface area contributed by atoms with Crippen LogP contribution in [0.1, 0.15) is 28.7 Å². The summed E-state index contributed by atoms with van der Waals surface area (Å²) < 4.78 is 1.91. The SMILES string of the molecule is CC(Cc1nncn1C)Nc1ccc2c(c1)C(=O)NC2. The van der Waals surface area contributed by atoms with Gasteiger partial charge in [0.1, 0.15) is 12.2 Å². The third-order valence-corrected chi connectivity index (χ3v) is 3.50. The topological polar surface area (TPSA) is 71.8 Å². The molecule has 0 aliphatic carbocycles. The van der Waals surface area contributed by atoms with Crippen molar-refractivity contribution in [3.05, 3.63) is 41.5 Å². The maximum atomic E-state index is 11.6. The summed E-state index contributed by atoms with van der Waals surface area (Å²) in [6.45, 7) is 2.71. The fraction of sp³-hybridized carbons (Fsp3) is 0.357. The Morgan fingerprint density at radius 2 is 2.35 bits per heavy atom. The van der Waals surface area contributed by atoms with E-state index in [9.17, 15) is 4.79 Å². The van der Waals surface area contributed by atoms with Crippen molar-refractivity contribution in [1.82, 2.24) is 20.1 Å². The van der Waals surface area contributed by atoms with E-state index in [0.717, 1.165) is 29.1 Å². The molecule has 1 unspecified atom stereocenters. The van der Waals surface area contributed by atoms with Crippen LogP contribution in [0, 0.1) is 0 Å². The summed E-state index contributed by atoms with van der Waals surface area (Å²) in [7, 11) is 1.93. The third-order valence-electron chi connectivity index (χ3n) is 3.50. The van der Waals surface area contributed by atoms with E-state index < -0.39 is 0 Å². The number of rotatable bonds is 4. The second-order valence-corrected chi connectivity index (χ2v) is 5.16. The summed E-state index contributed by atoms with van der Waals surface area (Å²) in [6.07, 6.45) is 2.47. The third kappa shape index (κ3) is 2.36. The molecule has 1 amide bonds. The van der Waals surface area contributed by atoms with E-state index in [1.54, 1.807) is 6.33 Å². The minimum absolute atomic E-state index is 0.00426. The normalized spacial score (nSPS) is 14.8. The van der Waals surface area contributed by atoms with E-state index in [4.69, 9.17) is 0 Å². The van der Waals surface area contributed by atoms with Crippen LogP contribution in [0.4, 0.5) is 5.69 Å². The molecule has 6 heteroatoms. The van der Waals surface area contributed by atoms with Crippen LogP contribution in [0.2, 0.25) is 0 Å². The first-order valence-corrected chi connectivity index (χ1v) is 6.64. The number of nitrogens with zero attached hydrogens (tertiary/aromatic N) is 3. The fourth-order valence-electron chi connectivity index (χ4n) is 2.40. The standard InChI is InChI=1S/C14H17N5O/c1-9(5-13-18-16-8-19(13)2)17-11-4-3-10-7-15-14(20)12(10)6-11/h3-4,6,8-9,17H,5,7H2,1-2H3,(H,15,20). The molecule has 0 radical (unpaired) electrons. The molecule has 1 atom stereocenters. The van der Waals surface area contributed by atoms with E-state index >= 15 is 0 Å². The van der Waals surface area contributed by atoms with Crippen LogP contribution in [0.25, 0.3) is 0 Å². The van der Waals surface area contributed by atoms with Gasteiger partial charge in [-0.15, -0.1) is 10.2 Å². The van der Waals surface area contributed by atoms with E-state index in [2.05, 4.69) is 27.8 Å². The molecule has 1 aromatic carbocycles. The Bertz CT molecular complexity index is 649. The summed E-state index contributed by atoms with van der Waals surface area (Å²) in [5, 5.41) is 14.2. The van der Waals surface area contributed by atoms with Crippen molar-refractivity contribution >= 4 is 11.6 Å². The Morgan fingerprint density at radius 1 is 1.50 bits per heavy atom. The van der Waals surface area contributed by atoms with Gasteiger partial charge in [-0.1, -0.05) is 6.07 Å². The van der Waals surface area contributed by atoms with Gasteiger partial charge in [-0.25, -0.2) is 0 Å². The van der Waals surface area contributed by atoms with E-state index in [-0.39, 0.29) is 11.9 Å². The highest BCUT2D eigenvalue weighted by molar-refractivity contribution is 5.99. The Balaban J connectivity index is 1.70. The van der Waals surface area contributed by atoms with Gasteiger partial charge in [0, 0.05) is 37.3 Å². The maximum Gasteiger partial charge on any atom is 0.251 e. The molecule has 0 fully saturated rings. The molecule has 3 rings (SSSR count). The molecule has 1 aromatic heterocycles. The monoisotopic (exact) mass is 271 g/mol. The number of benzene rings is 1. The van der Waals surface area contributed by atoms with Crippen LogP contribution in [0.3, 0.4) is 0 Å². The summed E-state index contributed by atoms with van der Waals surface area (Å²) in [4.78, 5) is 11.6. The van der Waals surface area contributed by atoms with E-state index in [1.807, 2.05) is 29.8 Å². The van der Waals surface area contributed by atoms with Gasteiger partial charge in [0.2, 0.25) is 0 Å². The summed E-state index contributed by atoms with van der Waals surface area (Å²) >= 11 is 0. The minimum atomic E-state index is 0.00426. The van der Waals surface area contributed by atoms with Crippen LogP contribution in [-0.4, -0.2) is 26.7 Å².